The molecule has 1 aliphatic heterocycles. The second kappa shape index (κ2) is 12.7. The lowest BCUT2D eigenvalue weighted by molar-refractivity contribution is -0.205. The van der Waals surface area contributed by atoms with Crippen LogP contribution in [0.3, 0.4) is 0 Å². The fourth-order valence-corrected chi connectivity index (χ4v) is 13.2. The number of carbonyl (C=O) groups is 3. The van der Waals surface area contributed by atoms with Crippen molar-refractivity contribution in [2.75, 3.05) is 26.2 Å². The summed E-state index contributed by atoms with van der Waals surface area (Å²) in [5, 5.41) is 9.72. The molecular formula is C44H63NO6. The van der Waals surface area contributed by atoms with Crippen LogP contribution in [0.4, 0.5) is 0 Å². The number of carboxylic acid groups (broad SMARTS) is 1. The highest BCUT2D eigenvalue weighted by molar-refractivity contribution is 6.02. The largest absolute Gasteiger partial charge is 0.478 e. The van der Waals surface area contributed by atoms with Crippen LogP contribution in [0.15, 0.2) is 35.4 Å². The lowest BCUT2D eigenvalue weighted by Crippen LogP contribution is -2.64. The number of nitrogens with zero attached hydrogens (tertiary/aromatic N) is 1. The smallest absolute Gasteiger partial charge is 0.339 e. The molecule has 0 amide bonds. The van der Waals surface area contributed by atoms with Gasteiger partial charge in [0.05, 0.1) is 16.5 Å². The normalized spacial score (nSPS) is 38.5. The molecule has 1 saturated heterocycles. The summed E-state index contributed by atoms with van der Waals surface area (Å²) in [4.78, 5) is 42.1. The van der Waals surface area contributed by atoms with Gasteiger partial charge < -0.3 is 14.6 Å². The quantitative estimate of drug-likeness (QED) is 0.224. The van der Waals surface area contributed by atoms with E-state index in [-0.39, 0.29) is 50.3 Å². The Bertz CT molecular complexity index is 1600. The summed E-state index contributed by atoms with van der Waals surface area (Å²) in [6.45, 7) is 20.6. The van der Waals surface area contributed by atoms with Crippen LogP contribution in [-0.2, 0) is 14.3 Å². The number of hydrogen-bond acceptors (Lipinski definition) is 6. The zero-order valence-electron chi connectivity index (χ0n) is 32.5. The van der Waals surface area contributed by atoms with Crippen molar-refractivity contribution in [3.05, 3.63) is 46.5 Å². The Morgan fingerprint density at radius 1 is 0.804 bits per heavy atom. The lowest BCUT2D eigenvalue weighted by Gasteiger charge is -2.71. The van der Waals surface area contributed by atoms with Crippen molar-refractivity contribution in [3.63, 3.8) is 0 Å². The highest BCUT2D eigenvalue weighted by Gasteiger charge is 2.68. The minimum atomic E-state index is -1.11. The second-order valence-corrected chi connectivity index (χ2v) is 19.6. The van der Waals surface area contributed by atoms with Gasteiger partial charge >= 0.3 is 17.9 Å². The van der Waals surface area contributed by atoms with Crippen LogP contribution < -0.4 is 0 Å². The van der Waals surface area contributed by atoms with E-state index in [0.717, 1.165) is 90.3 Å². The summed E-state index contributed by atoms with van der Waals surface area (Å²) in [6.07, 6.45) is 13.2. The Labute approximate surface area is 306 Å². The number of carboxylic acids is 1. The van der Waals surface area contributed by atoms with Crippen molar-refractivity contribution in [2.45, 2.75) is 138 Å². The molecule has 7 heteroatoms. The number of esters is 2. The van der Waals surface area contributed by atoms with Gasteiger partial charge in [0, 0.05) is 12.0 Å². The molecule has 1 heterocycles. The zero-order valence-corrected chi connectivity index (χ0v) is 32.5. The van der Waals surface area contributed by atoms with Crippen molar-refractivity contribution in [3.8, 4) is 0 Å². The Kier molecular flexibility index (Phi) is 9.16. The van der Waals surface area contributed by atoms with Crippen LogP contribution in [0, 0.1) is 44.3 Å². The molecule has 4 saturated carbocycles. The number of hydrogen-bond donors (Lipinski definition) is 1. The fourth-order valence-electron chi connectivity index (χ4n) is 13.2. The van der Waals surface area contributed by atoms with Gasteiger partial charge in [-0.25, -0.2) is 9.59 Å². The Morgan fingerprint density at radius 2 is 1.49 bits per heavy atom. The monoisotopic (exact) mass is 701 g/mol. The maximum atomic E-state index is 14.3. The van der Waals surface area contributed by atoms with Gasteiger partial charge in [0.15, 0.2) is 0 Å². The number of rotatable bonds is 7. The molecule has 7 nitrogen and oxygen atoms in total. The van der Waals surface area contributed by atoms with E-state index in [9.17, 15) is 19.5 Å². The minimum Gasteiger partial charge on any atom is -0.478 e. The molecule has 0 unspecified atom stereocenters. The molecule has 280 valence electrons. The molecule has 1 N–H and O–H groups in total. The summed E-state index contributed by atoms with van der Waals surface area (Å²) in [7, 11) is 0. The maximum absolute atomic E-state index is 14.3. The van der Waals surface area contributed by atoms with Crippen molar-refractivity contribution in [1.82, 2.24) is 4.90 Å². The van der Waals surface area contributed by atoms with Crippen LogP contribution >= 0.6 is 0 Å². The maximum Gasteiger partial charge on any atom is 0.339 e. The van der Waals surface area contributed by atoms with E-state index in [1.54, 1.807) is 23.8 Å². The standard InChI is InChI=1S/C44H63NO6/c1-39(2)20-22-44(38(49)50-27-26-45-24-10-11-25-45)23-21-42(6)31(32(44)28-39)14-15-34-41(5)18-17-35(40(3,4)33(41)16-19-43(34,42)7)51-37(48)30-13-9-8-12-29(30)36(46)47/h8-9,12-13,33-35H,10-11,14-28H2,1-7H3,(H,46,47)/t33-,34+,35-,41-,42+,43+,44-/m0/s1. The molecule has 1 aromatic carbocycles. The van der Waals surface area contributed by atoms with E-state index in [1.807, 2.05) is 0 Å². The topological polar surface area (TPSA) is 93.1 Å². The molecule has 0 bridgehead atoms. The van der Waals surface area contributed by atoms with Crippen molar-refractivity contribution >= 4 is 17.9 Å². The first kappa shape index (κ1) is 36.7. The average Bonchev–Trinajstić information content (AvgIpc) is 3.59. The molecule has 0 aromatic heterocycles. The molecule has 5 fully saturated rings. The van der Waals surface area contributed by atoms with Crippen molar-refractivity contribution in [2.24, 2.45) is 44.3 Å². The van der Waals surface area contributed by atoms with Gasteiger partial charge in [-0.1, -0.05) is 71.7 Å². The van der Waals surface area contributed by atoms with E-state index in [0.29, 0.717) is 18.4 Å². The van der Waals surface area contributed by atoms with E-state index >= 15 is 0 Å². The summed E-state index contributed by atoms with van der Waals surface area (Å²) < 4.78 is 12.5. The first-order valence-electron chi connectivity index (χ1n) is 20.1. The van der Waals surface area contributed by atoms with Crippen molar-refractivity contribution in [1.29, 1.82) is 0 Å². The molecule has 7 atom stereocenters. The van der Waals surface area contributed by atoms with Gasteiger partial charge in [0.1, 0.15) is 12.7 Å². The lowest BCUT2D eigenvalue weighted by atomic mass is 9.34. The summed E-state index contributed by atoms with van der Waals surface area (Å²) in [6, 6.07) is 6.38. The SMILES string of the molecule is CC1(C)CC[C@]2(C(=O)OCCN3CCCC3)CC[C@]3(C)C(=C2C1)CC[C@@H]1[C@@]2(C)CC[C@H](OC(=O)c4ccccc4C(=O)O)C(C)(C)[C@@H]2CC[C@]13C. The Morgan fingerprint density at radius 3 is 2.20 bits per heavy atom. The van der Waals surface area contributed by atoms with Gasteiger partial charge in [-0.2, -0.15) is 0 Å². The molecular weight excluding hydrogens is 638 g/mol. The van der Waals surface area contributed by atoms with Crippen LogP contribution in [0.25, 0.3) is 0 Å². The van der Waals surface area contributed by atoms with E-state index in [1.165, 1.54) is 24.5 Å². The zero-order chi connectivity index (χ0) is 36.6. The van der Waals surface area contributed by atoms with E-state index in [2.05, 4.69) is 53.4 Å². The number of carbonyl (C=O) groups excluding carboxylic acids is 2. The first-order chi connectivity index (χ1) is 24.0. The minimum absolute atomic E-state index is 0.0112. The Balaban J connectivity index is 1.15. The highest BCUT2D eigenvalue weighted by Crippen LogP contribution is 2.75. The number of ether oxygens (including phenoxy) is 2. The van der Waals surface area contributed by atoms with Crippen LogP contribution in [0.2, 0.25) is 0 Å². The van der Waals surface area contributed by atoms with Crippen LogP contribution in [-0.4, -0.2) is 60.3 Å². The van der Waals surface area contributed by atoms with Gasteiger partial charge in [0.25, 0.3) is 0 Å². The van der Waals surface area contributed by atoms with Gasteiger partial charge in [-0.15, -0.1) is 0 Å². The number of aromatic carboxylic acids is 1. The summed E-state index contributed by atoms with van der Waals surface area (Å²) in [5.41, 5.74) is 2.83. The fraction of sp³-hybridized carbons (Fsp3) is 0.750. The number of fused-ring (bicyclic) bond motifs is 6. The number of likely N-dealkylation sites (tertiary alicyclic amines) is 1. The van der Waals surface area contributed by atoms with Crippen LogP contribution in [0.5, 0.6) is 0 Å². The molecule has 51 heavy (non-hydrogen) atoms. The van der Waals surface area contributed by atoms with E-state index in [4.69, 9.17) is 9.47 Å². The molecule has 0 radical (unpaired) electrons. The van der Waals surface area contributed by atoms with Gasteiger partial charge in [-0.05, 0) is 142 Å². The number of benzene rings is 1. The predicted octanol–water partition coefficient (Wildman–Crippen LogP) is 9.50. The Hall–Kier alpha value is -2.67. The van der Waals surface area contributed by atoms with E-state index < -0.39 is 17.4 Å². The van der Waals surface area contributed by atoms with Crippen molar-refractivity contribution < 1.29 is 29.0 Å². The van der Waals surface area contributed by atoms with Crippen LogP contribution in [0.1, 0.15) is 153 Å². The highest BCUT2D eigenvalue weighted by atomic mass is 16.5. The predicted molar refractivity (Wildman–Crippen MR) is 198 cm³/mol. The summed E-state index contributed by atoms with van der Waals surface area (Å²) >= 11 is 0. The van der Waals surface area contributed by atoms with Gasteiger partial charge in [0.2, 0.25) is 0 Å². The summed E-state index contributed by atoms with van der Waals surface area (Å²) in [5.74, 6) is -0.698. The molecule has 1 aromatic rings. The molecule has 7 rings (SSSR count). The first-order valence-corrected chi connectivity index (χ1v) is 20.1. The average molecular weight is 702 g/mol. The molecule has 0 spiro atoms. The third-order valence-corrected chi connectivity index (χ3v) is 16.3. The molecule has 6 aliphatic rings. The number of allylic oxidation sites excluding steroid dienone is 1. The second-order valence-electron chi connectivity index (χ2n) is 19.6. The molecule has 5 aliphatic carbocycles. The third-order valence-electron chi connectivity index (χ3n) is 16.3. The van der Waals surface area contributed by atoms with Gasteiger partial charge in [-0.3, -0.25) is 9.69 Å². The third kappa shape index (κ3) is 5.73.